The van der Waals surface area contributed by atoms with Crippen molar-refractivity contribution in [2.45, 2.75) is 19.9 Å². The minimum atomic E-state index is -0.132. The molecule has 1 heterocycles. The number of amides is 1. The molecule has 1 atom stereocenters. The summed E-state index contributed by atoms with van der Waals surface area (Å²) >= 11 is 6.17. The molecule has 0 aliphatic carbocycles. The van der Waals surface area contributed by atoms with E-state index in [1.807, 2.05) is 39.1 Å². The molecule has 2 rings (SSSR count). The maximum Gasteiger partial charge on any atom is 0.254 e. The van der Waals surface area contributed by atoms with E-state index in [1.54, 1.807) is 16.9 Å². The topological polar surface area (TPSA) is 58.9 Å². The molecule has 1 amide bonds. The van der Waals surface area contributed by atoms with Crippen LogP contribution in [0.3, 0.4) is 0 Å². The summed E-state index contributed by atoms with van der Waals surface area (Å²) in [5.74, 6) is -0.132. The zero-order valence-corrected chi connectivity index (χ0v) is 13.1. The number of rotatable bonds is 5. The van der Waals surface area contributed by atoms with Gasteiger partial charge in [-0.3, -0.25) is 4.79 Å². The summed E-state index contributed by atoms with van der Waals surface area (Å²) in [7, 11) is 1.86. The first-order valence-corrected chi connectivity index (χ1v) is 7.17. The third kappa shape index (κ3) is 3.43. The van der Waals surface area contributed by atoms with E-state index < -0.39 is 0 Å². The van der Waals surface area contributed by atoms with Crippen molar-refractivity contribution in [3.63, 3.8) is 0 Å². The smallest absolute Gasteiger partial charge is 0.254 e. The number of likely N-dealkylation sites (N-methyl/N-ethyl adjacent to an activating group) is 1. The summed E-state index contributed by atoms with van der Waals surface area (Å²) in [4.78, 5) is 12.2. The number of nitrogens with zero attached hydrogens (tertiary/aromatic N) is 2. The van der Waals surface area contributed by atoms with Crippen LogP contribution in [0.2, 0.25) is 5.02 Å². The molecule has 0 saturated carbocycles. The van der Waals surface area contributed by atoms with E-state index in [9.17, 15) is 4.79 Å². The minimum absolute atomic E-state index is 0.132. The molecule has 0 aliphatic rings. The van der Waals surface area contributed by atoms with Crippen LogP contribution in [0.25, 0.3) is 5.69 Å². The molecule has 112 valence electrons. The number of carbonyl (C=O) groups excluding carboxylic acids is 1. The van der Waals surface area contributed by atoms with Crippen molar-refractivity contribution < 1.29 is 4.79 Å². The van der Waals surface area contributed by atoms with Gasteiger partial charge in [0.05, 0.1) is 28.2 Å². The molecule has 0 spiro atoms. The number of hydrogen-bond acceptors (Lipinski definition) is 3. The van der Waals surface area contributed by atoms with E-state index in [2.05, 4.69) is 15.7 Å². The van der Waals surface area contributed by atoms with Crippen molar-refractivity contribution in [1.29, 1.82) is 0 Å². The summed E-state index contributed by atoms with van der Waals surface area (Å²) in [5, 5.41) is 10.8. The number of aromatic nitrogens is 2. The molecular weight excluding hydrogens is 288 g/mol. The van der Waals surface area contributed by atoms with Crippen molar-refractivity contribution in [3.8, 4) is 5.69 Å². The number of nitrogens with one attached hydrogen (secondary N) is 2. The number of halogens is 1. The van der Waals surface area contributed by atoms with Gasteiger partial charge in [-0.25, -0.2) is 4.68 Å². The number of carbonyl (C=O) groups is 1. The summed E-state index contributed by atoms with van der Waals surface area (Å²) in [6.45, 7) is 4.42. The fourth-order valence-corrected chi connectivity index (χ4v) is 2.16. The van der Waals surface area contributed by atoms with Crippen LogP contribution < -0.4 is 10.6 Å². The quantitative estimate of drug-likeness (QED) is 0.890. The molecule has 5 nitrogen and oxygen atoms in total. The second-order valence-electron chi connectivity index (χ2n) is 4.91. The van der Waals surface area contributed by atoms with Crippen LogP contribution in [0.5, 0.6) is 0 Å². The molecule has 2 N–H and O–H groups in total. The lowest BCUT2D eigenvalue weighted by Gasteiger charge is -2.11. The van der Waals surface area contributed by atoms with Gasteiger partial charge >= 0.3 is 0 Å². The normalized spacial score (nSPS) is 12.2. The summed E-state index contributed by atoms with van der Waals surface area (Å²) in [5.41, 5.74) is 2.08. The van der Waals surface area contributed by atoms with E-state index >= 15 is 0 Å². The van der Waals surface area contributed by atoms with Gasteiger partial charge in [-0.1, -0.05) is 23.7 Å². The zero-order valence-electron chi connectivity index (χ0n) is 12.4. The molecule has 1 aromatic heterocycles. The van der Waals surface area contributed by atoms with Crippen molar-refractivity contribution in [2.24, 2.45) is 0 Å². The zero-order chi connectivity index (χ0) is 15.4. The van der Waals surface area contributed by atoms with Gasteiger partial charge in [0.25, 0.3) is 5.91 Å². The molecule has 6 heteroatoms. The maximum atomic E-state index is 12.2. The van der Waals surface area contributed by atoms with Gasteiger partial charge in [-0.15, -0.1) is 0 Å². The van der Waals surface area contributed by atoms with E-state index in [4.69, 9.17) is 11.6 Å². The van der Waals surface area contributed by atoms with Crippen molar-refractivity contribution in [3.05, 3.63) is 46.7 Å². The Bertz CT molecular complexity index is 638. The van der Waals surface area contributed by atoms with E-state index in [1.165, 1.54) is 0 Å². The highest BCUT2D eigenvalue weighted by Crippen LogP contribution is 2.21. The van der Waals surface area contributed by atoms with Gasteiger partial charge in [-0.05, 0) is 33.0 Å². The van der Waals surface area contributed by atoms with Crippen LogP contribution in [0.1, 0.15) is 23.0 Å². The largest absolute Gasteiger partial charge is 0.350 e. The first-order chi connectivity index (χ1) is 10.0. The highest BCUT2D eigenvalue weighted by Gasteiger charge is 2.16. The number of para-hydroxylation sites is 1. The van der Waals surface area contributed by atoms with Crippen LogP contribution in [0.15, 0.2) is 30.5 Å². The fraction of sp³-hybridized carbons (Fsp3) is 0.333. The predicted molar refractivity (Wildman–Crippen MR) is 84.2 cm³/mol. The van der Waals surface area contributed by atoms with E-state index in [0.717, 1.165) is 11.4 Å². The maximum absolute atomic E-state index is 12.2. The Morgan fingerprint density at radius 3 is 2.81 bits per heavy atom. The molecule has 2 aromatic rings. The van der Waals surface area contributed by atoms with Gasteiger partial charge in [0.15, 0.2) is 0 Å². The average Bonchev–Trinajstić information content (AvgIpc) is 2.86. The summed E-state index contributed by atoms with van der Waals surface area (Å²) in [6.07, 6.45) is 1.57. The van der Waals surface area contributed by atoms with Crippen LogP contribution in [0.4, 0.5) is 0 Å². The molecule has 0 aliphatic heterocycles. The standard InChI is InChI=1S/C15H19ClN4O/c1-10(17-3)8-18-15(21)12-9-19-20(11(12)2)14-7-5-4-6-13(14)16/h4-7,9-10,17H,8H2,1-3H3,(H,18,21). The second kappa shape index (κ2) is 6.74. The van der Waals surface area contributed by atoms with E-state index in [-0.39, 0.29) is 11.9 Å². The Balaban J connectivity index is 2.21. The Hall–Kier alpha value is -1.85. The third-order valence-corrected chi connectivity index (χ3v) is 3.72. The lowest BCUT2D eigenvalue weighted by Crippen LogP contribution is -2.37. The summed E-state index contributed by atoms with van der Waals surface area (Å²) in [6, 6.07) is 7.63. The van der Waals surface area contributed by atoms with Crippen LogP contribution in [-0.4, -0.2) is 35.3 Å². The fourth-order valence-electron chi connectivity index (χ4n) is 1.94. The van der Waals surface area contributed by atoms with Gasteiger partial charge in [0.1, 0.15) is 0 Å². The lowest BCUT2D eigenvalue weighted by atomic mass is 10.2. The highest BCUT2D eigenvalue weighted by atomic mass is 35.5. The average molecular weight is 307 g/mol. The Labute approximate surface area is 129 Å². The SMILES string of the molecule is CNC(C)CNC(=O)c1cnn(-c2ccccc2Cl)c1C. The molecule has 0 saturated heterocycles. The van der Waals surface area contributed by atoms with E-state index in [0.29, 0.717) is 17.1 Å². The second-order valence-corrected chi connectivity index (χ2v) is 5.31. The molecule has 0 radical (unpaired) electrons. The molecule has 1 unspecified atom stereocenters. The number of hydrogen-bond donors (Lipinski definition) is 2. The van der Waals surface area contributed by atoms with Crippen LogP contribution in [-0.2, 0) is 0 Å². The van der Waals surface area contributed by atoms with Crippen LogP contribution >= 0.6 is 11.6 Å². The molecule has 0 bridgehead atoms. The van der Waals surface area contributed by atoms with Gasteiger partial charge < -0.3 is 10.6 Å². The van der Waals surface area contributed by atoms with Crippen molar-refractivity contribution >= 4 is 17.5 Å². The Kier molecular flexibility index (Phi) is 4.98. The third-order valence-electron chi connectivity index (χ3n) is 3.40. The molecule has 21 heavy (non-hydrogen) atoms. The monoisotopic (exact) mass is 306 g/mol. The molecular formula is C15H19ClN4O. The molecule has 1 aromatic carbocycles. The Morgan fingerprint density at radius 2 is 2.14 bits per heavy atom. The van der Waals surface area contributed by atoms with Gasteiger partial charge in [0.2, 0.25) is 0 Å². The van der Waals surface area contributed by atoms with Gasteiger partial charge in [-0.2, -0.15) is 5.10 Å². The minimum Gasteiger partial charge on any atom is -0.350 e. The van der Waals surface area contributed by atoms with Crippen molar-refractivity contribution in [2.75, 3.05) is 13.6 Å². The predicted octanol–water partition coefficient (Wildman–Crippen LogP) is 2.17. The Morgan fingerprint density at radius 1 is 1.43 bits per heavy atom. The van der Waals surface area contributed by atoms with Gasteiger partial charge in [0, 0.05) is 12.6 Å². The molecule has 0 fully saturated rings. The lowest BCUT2D eigenvalue weighted by molar-refractivity contribution is 0.0950. The first kappa shape index (κ1) is 15.5. The van der Waals surface area contributed by atoms with Crippen LogP contribution in [0, 0.1) is 6.92 Å². The highest BCUT2D eigenvalue weighted by molar-refractivity contribution is 6.32. The summed E-state index contributed by atoms with van der Waals surface area (Å²) < 4.78 is 1.68. The number of benzene rings is 1. The van der Waals surface area contributed by atoms with Crippen molar-refractivity contribution in [1.82, 2.24) is 20.4 Å². The first-order valence-electron chi connectivity index (χ1n) is 6.79.